The largest absolute Gasteiger partial charge is 0.252 e. The molecule has 0 saturated heterocycles. The molecule has 0 aliphatic rings. The summed E-state index contributed by atoms with van der Waals surface area (Å²) in [4.78, 5) is 3.79. The van der Waals surface area contributed by atoms with E-state index in [1.165, 1.54) is 6.20 Å². The minimum absolute atomic E-state index is 0.0108. The first kappa shape index (κ1) is 12.7. The monoisotopic (exact) mass is 271 g/mol. The molecular weight excluding hydrogens is 264 g/mol. The lowest BCUT2D eigenvalue weighted by molar-refractivity contribution is 0.518. The zero-order valence-corrected chi connectivity index (χ0v) is 10.2. The number of nitrogens with zero attached hydrogens (tertiary/aromatic N) is 1. The average molecular weight is 272 g/mol. The van der Waals surface area contributed by atoms with Gasteiger partial charge < -0.3 is 0 Å². The Hall–Kier alpha value is -0.330. The van der Waals surface area contributed by atoms with Gasteiger partial charge in [-0.15, -0.1) is 0 Å². The van der Waals surface area contributed by atoms with Crippen molar-refractivity contribution in [1.29, 1.82) is 0 Å². The summed E-state index contributed by atoms with van der Waals surface area (Å²) in [7, 11) is -1.42. The minimum Gasteiger partial charge on any atom is -0.252 e. The molecule has 1 aromatic rings. The zero-order chi connectivity index (χ0) is 11.4. The van der Waals surface area contributed by atoms with Gasteiger partial charge >= 0.3 is 0 Å². The molecule has 0 radical (unpaired) electrons. The van der Waals surface area contributed by atoms with E-state index in [-0.39, 0.29) is 12.2 Å². The number of rotatable bonds is 4. The first-order valence-electron chi connectivity index (χ1n) is 4.01. The van der Waals surface area contributed by atoms with Gasteiger partial charge in [0.1, 0.15) is 16.0 Å². The maximum atomic E-state index is 12.7. The SMILES string of the molecule is C/C(F)=C(/F)CCS(=O)c1ncc(Cl)s1. The molecule has 1 rings (SSSR count). The van der Waals surface area contributed by atoms with E-state index in [4.69, 9.17) is 11.6 Å². The van der Waals surface area contributed by atoms with Gasteiger partial charge in [-0.3, -0.25) is 4.21 Å². The molecule has 0 bridgehead atoms. The quantitative estimate of drug-likeness (QED) is 0.839. The Morgan fingerprint density at radius 2 is 2.33 bits per heavy atom. The van der Waals surface area contributed by atoms with Crippen LogP contribution in [0, 0.1) is 0 Å². The summed E-state index contributed by atoms with van der Waals surface area (Å²) in [6, 6.07) is 0. The van der Waals surface area contributed by atoms with E-state index in [0.717, 1.165) is 18.3 Å². The van der Waals surface area contributed by atoms with Crippen LogP contribution >= 0.6 is 22.9 Å². The first-order chi connectivity index (χ1) is 7.00. The Labute approximate surface area is 97.4 Å². The molecule has 0 fully saturated rings. The van der Waals surface area contributed by atoms with E-state index in [1.807, 2.05) is 0 Å². The van der Waals surface area contributed by atoms with E-state index < -0.39 is 22.5 Å². The van der Waals surface area contributed by atoms with Crippen LogP contribution in [0.25, 0.3) is 0 Å². The van der Waals surface area contributed by atoms with Gasteiger partial charge in [-0.2, -0.15) is 0 Å². The van der Waals surface area contributed by atoms with E-state index in [9.17, 15) is 13.0 Å². The lowest BCUT2D eigenvalue weighted by atomic mass is 10.4. The van der Waals surface area contributed by atoms with Crippen molar-refractivity contribution in [2.24, 2.45) is 0 Å². The molecule has 0 saturated carbocycles. The van der Waals surface area contributed by atoms with Crippen molar-refractivity contribution >= 4 is 33.7 Å². The Balaban J connectivity index is 2.54. The van der Waals surface area contributed by atoms with Gasteiger partial charge in [-0.05, 0) is 6.92 Å². The lowest BCUT2D eigenvalue weighted by Gasteiger charge is -1.97. The maximum Gasteiger partial charge on any atom is 0.182 e. The second-order valence-electron chi connectivity index (χ2n) is 2.67. The Bertz CT molecular complexity index is 401. The molecule has 1 unspecified atom stereocenters. The summed E-state index contributed by atoms with van der Waals surface area (Å²) >= 11 is 6.67. The Morgan fingerprint density at radius 3 is 2.80 bits per heavy atom. The highest BCUT2D eigenvalue weighted by atomic mass is 35.5. The van der Waals surface area contributed by atoms with E-state index >= 15 is 0 Å². The van der Waals surface area contributed by atoms with Gasteiger partial charge in [-0.1, -0.05) is 22.9 Å². The summed E-state index contributed by atoms with van der Waals surface area (Å²) < 4.78 is 37.3. The van der Waals surface area contributed by atoms with Crippen LogP contribution < -0.4 is 0 Å². The molecule has 7 heteroatoms. The van der Waals surface area contributed by atoms with Crippen molar-refractivity contribution in [3.8, 4) is 0 Å². The number of hydrogen-bond donors (Lipinski definition) is 0. The van der Waals surface area contributed by atoms with Crippen LogP contribution in [0.4, 0.5) is 8.78 Å². The number of allylic oxidation sites excluding steroid dienone is 2. The van der Waals surface area contributed by atoms with Crippen LogP contribution in [0.3, 0.4) is 0 Å². The second kappa shape index (κ2) is 5.67. The first-order valence-corrected chi connectivity index (χ1v) is 6.52. The summed E-state index contributed by atoms with van der Waals surface area (Å²) in [5.41, 5.74) is 0. The van der Waals surface area contributed by atoms with Crippen LogP contribution in [0.2, 0.25) is 4.34 Å². The standard InChI is InChI=1S/C8H8ClF2NOS2/c1-5(10)6(11)2-3-15(13)8-12-4-7(9)14-8/h4H,2-3H2,1H3/b6-5-. The molecule has 1 aromatic heterocycles. The van der Waals surface area contributed by atoms with E-state index in [0.29, 0.717) is 8.68 Å². The normalized spacial score (nSPS) is 14.9. The molecule has 0 aliphatic heterocycles. The molecule has 2 nitrogen and oxygen atoms in total. The summed E-state index contributed by atoms with van der Waals surface area (Å²) in [6.45, 7) is 1.03. The fraction of sp³-hybridized carbons (Fsp3) is 0.375. The van der Waals surface area contributed by atoms with E-state index in [2.05, 4.69) is 4.98 Å². The molecule has 1 atom stereocenters. The number of thiazole rings is 1. The third-order valence-electron chi connectivity index (χ3n) is 1.53. The van der Waals surface area contributed by atoms with Crippen LogP contribution in [0.15, 0.2) is 22.2 Å². The van der Waals surface area contributed by atoms with Gasteiger partial charge in [-0.25, -0.2) is 13.8 Å². The van der Waals surface area contributed by atoms with Crippen molar-refractivity contribution in [1.82, 2.24) is 4.98 Å². The third-order valence-corrected chi connectivity index (χ3v) is 4.32. The Morgan fingerprint density at radius 1 is 1.67 bits per heavy atom. The van der Waals surface area contributed by atoms with Gasteiger partial charge in [0.25, 0.3) is 0 Å². The molecule has 0 aliphatic carbocycles. The summed E-state index contributed by atoms with van der Waals surface area (Å²) in [5.74, 6) is -1.73. The average Bonchev–Trinajstić information content (AvgIpc) is 2.60. The molecule has 0 aromatic carbocycles. The van der Waals surface area contributed by atoms with Crippen molar-refractivity contribution in [2.45, 2.75) is 17.7 Å². The molecule has 15 heavy (non-hydrogen) atoms. The van der Waals surface area contributed by atoms with Crippen molar-refractivity contribution < 1.29 is 13.0 Å². The highest BCUT2D eigenvalue weighted by Gasteiger charge is 2.11. The summed E-state index contributed by atoms with van der Waals surface area (Å²) in [6.07, 6.45) is 1.19. The number of aromatic nitrogens is 1. The van der Waals surface area contributed by atoms with Crippen molar-refractivity contribution in [3.63, 3.8) is 0 Å². The van der Waals surface area contributed by atoms with Crippen LogP contribution in [0.5, 0.6) is 0 Å². The fourth-order valence-electron chi connectivity index (χ4n) is 0.787. The van der Waals surface area contributed by atoms with Gasteiger partial charge in [0.15, 0.2) is 4.34 Å². The fourth-order valence-corrected chi connectivity index (χ4v) is 3.17. The smallest absolute Gasteiger partial charge is 0.182 e. The van der Waals surface area contributed by atoms with Crippen molar-refractivity contribution in [2.75, 3.05) is 5.75 Å². The van der Waals surface area contributed by atoms with Gasteiger partial charge in [0.05, 0.1) is 17.0 Å². The van der Waals surface area contributed by atoms with Crippen LogP contribution in [-0.2, 0) is 10.8 Å². The second-order valence-corrected chi connectivity index (χ2v) is 6.07. The minimum atomic E-state index is -1.42. The molecule has 0 spiro atoms. The lowest BCUT2D eigenvalue weighted by Crippen LogP contribution is -1.98. The predicted octanol–water partition coefficient (Wildman–Crippen LogP) is 3.46. The number of hydrogen-bond acceptors (Lipinski definition) is 3. The third kappa shape index (κ3) is 3.96. The van der Waals surface area contributed by atoms with E-state index in [1.54, 1.807) is 0 Å². The van der Waals surface area contributed by atoms with Crippen molar-refractivity contribution in [3.05, 3.63) is 22.2 Å². The zero-order valence-electron chi connectivity index (χ0n) is 7.80. The summed E-state index contributed by atoms with van der Waals surface area (Å²) in [5, 5.41) is 0. The highest BCUT2D eigenvalue weighted by molar-refractivity contribution is 7.87. The highest BCUT2D eigenvalue weighted by Crippen LogP contribution is 2.22. The molecular formula is C8H8ClF2NOS2. The predicted molar refractivity (Wildman–Crippen MR) is 57.9 cm³/mol. The molecule has 0 amide bonds. The maximum absolute atomic E-state index is 12.7. The van der Waals surface area contributed by atoms with Crippen LogP contribution in [-0.4, -0.2) is 14.9 Å². The van der Waals surface area contributed by atoms with Gasteiger partial charge in [0, 0.05) is 12.2 Å². The van der Waals surface area contributed by atoms with Crippen LogP contribution in [0.1, 0.15) is 13.3 Å². The topological polar surface area (TPSA) is 30.0 Å². The number of halogens is 3. The molecule has 0 N–H and O–H groups in total. The molecule has 84 valence electrons. The van der Waals surface area contributed by atoms with Gasteiger partial charge in [0.2, 0.25) is 0 Å². The Kier molecular flexibility index (Phi) is 4.82. The molecule has 1 heterocycles.